The number of aromatic hydroxyl groups is 1. The Morgan fingerprint density at radius 1 is 1.00 bits per heavy atom. The first-order chi connectivity index (χ1) is 12.5. The van der Waals surface area contributed by atoms with Gasteiger partial charge in [0, 0.05) is 17.7 Å². The summed E-state index contributed by atoms with van der Waals surface area (Å²) in [6.45, 7) is 3.80. The minimum atomic E-state index is -0.341. The van der Waals surface area contributed by atoms with Crippen LogP contribution in [-0.2, 0) is 4.79 Å². The molecular formula is C20H23N3O3. The van der Waals surface area contributed by atoms with Gasteiger partial charge in [-0.3, -0.25) is 9.59 Å². The van der Waals surface area contributed by atoms with Gasteiger partial charge in [-0.05, 0) is 67.4 Å². The van der Waals surface area contributed by atoms with Gasteiger partial charge in [-0.2, -0.15) is 5.10 Å². The number of phenols is 1. The molecule has 0 fully saturated rings. The third-order valence-corrected chi connectivity index (χ3v) is 3.80. The van der Waals surface area contributed by atoms with Gasteiger partial charge >= 0.3 is 0 Å². The first-order valence-corrected chi connectivity index (χ1v) is 8.53. The van der Waals surface area contributed by atoms with Crippen molar-refractivity contribution in [1.82, 2.24) is 5.43 Å². The van der Waals surface area contributed by atoms with E-state index in [-0.39, 0.29) is 17.6 Å². The Morgan fingerprint density at radius 3 is 2.23 bits per heavy atom. The Kier molecular flexibility index (Phi) is 6.91. The topological polar surface area (TPSA) is 90.8 Å². The summed E-state index contributed by atoms with van der Waals surface area (Å²) in [5.74, 6) is -0.197. The van der Waals surface area contributed by atoms with E-state index in [0.29, 0.717) is 23.4 Å². The van der Waals surface area contributed by atoms with Crippen LogP contribution in [-0.4, -0.2) is 22.6 Å². The summed E-state index contributed by atoms with van der Waals surface area (Å²) in [5, 5.41) is 16.2. The zero-order chi connectivity index (χ0) is 18.9. The SMILES string of the molecule is CCCCC(=O)Nc1ccc(C(=O)NN=C(C)c2ccc(O)cc2)cc1. The largest absolute Gasteiger partial charge is 0.508 e. The van der Waals surface area contributed by atoms with Crippen LogP contribution in [0.5, 0.6) is 5.75 Å². The molecule has 0 aliphatic carbocycles. The van der Waals surface area contributed by atoms with Crippen LogP contribution >= 0.6 is 0 Å². The number of amides is 2. The Balaban J connectivity index is 1.94. The van der Waals surface area contributed by atoms with Crippen molar-refractivity contribution < 1.29 is 14.7 Å². The standard InChI is InChI=1S/C20H23N3O3/c1-3-4-5-19(25)21-17-10-6-16(7-11-17)20(26)23-22-14(2)15-8-12-18(24)13-9-15/h6-13,24H,3-5H2,1-2H3,(H,21,25)(H,23,26). The summed E-state index contributed by atoms with van der Waals surface area (Å²) in [7, 11) is 0. The Hall–Kier alpha value is -3.15. The molecule has 0 aromatic heterocycles. The minimum absolute atomic E-state index is 0.0295. The molecule has 3 N–H and O–H groups in total. The Bertz CT molecular complexity index is 781. The fourth-order valence-electron chi connectivity index (χ4n) is 2.23. The average molecular weight is 353 g/mol. The molecule has 0 atom stereocenters. The third kappa shape index (κ3) is 5.73. The number of unbranched alkanes of at least 4 members (excludes halogenated alkanes) is 1. The van der Waals surface area contributed by atoms with Crippen molar-refractivity contribution in [3.63, 3.8) is 0 Å². The fourth-order valence-corrected chi connectivity index (χ4v) is 2.23. The number of hydrazone groups is 1. The van der Waals surface area contributed by atoms with E-state index in [0.717, 1.165) is 18.4 Å². The van der Waals surface area contributed by atoms with Crippen LogP contribution in [0.15, 0.2) is 53.6 Å². The molecule has 0 bridgehead atoms. The van der Waals surface area contributed by atoms with Gasteiger partial charge in [0.2, 0.25) is 5.91 Å². The van der Waals surface area contributed by atoms with Crippen LogP contribution in [0.3, 0.4) is 0 Å². The van der Waals surface area contributed by atoms with Gasteiger partial charge < -0.3 is 10.4 Å². The van der Waals surface area contributed by atoms with E-state index < -0.39 is 0 Å². The molecule has 26 heavy (non-hydrogen) atoms. The normalized spacial score (nSPS) is 11.1. The van der Waals surface area contributed by atoms with Crippen LogP contribution < -0.4 is 10.7 Å². The van der Waals surface area contributed by atoms with E-state index >= 15 is 0 Å². The molecule has 0 heterocycles. The number of nitrogens with one attached hydrogen (secondary N) is 2. The first kappa shape index (κ1) is 19.2. The van der Waals surface area contributed by atoms with E-state index in [9.17, 15) is 14.7 Å². The molecule has 2 aromatic carbocycles. The highest BCUT2D eigenvalue weighted by Gasteiger charge is 2.07. The molecule has 0 saturated carbocycles. The van der Waals surface area contributed by atoms with Crippen LogP contribution in [0.2, 0.25) is 0 Å². The molecule has 0 radical (unpaired) electrons. The van der Waals surface area contributed by atoms with Crippen LogP contribution in [0, 0.1) is 0 Å². The zero-order valence-corrected chi connectivity index (χ0v) is 15.0. The number of benzene rings is 2. The molecule has 0 saturated heterocycles. The fraction of sp³-hybridized carbons (Fsp3) is 0.250. The lowest BCUT2D eigenvalue weighted by Gasteiger charge is -2.06. The van der Waals surface area contributed by atoms with E-state index in [1.54, 1.807) is 55.5 Å². The zero-order valence-electron chi connectivity index (χ0n) is 15.0. The van der Waals surface area contributed by atoms with Gasteiger partial charge in [0.15, 0.2) is 0 Å². The molecule has 0 aliphatic rings. The summed E-state index contributed by atoms with van der Waals surface area (Å²) in [6, 6.07) is 13.2. The lowest BCUT2D eigenvalue weighted by atomic mass is 10.1. The van der Waals surface area contributed by atoms with Gasteiger partial charge in [-0.15, -0.1) is 0 Å². The predicted molar refractivity (Wildman–Crippen MR) is 102 cm³/mol. The highest BCUT2D eigenvalue weighted by Crippen LogP contribution is 2.12. The average Bonchev–Trinajstić information content (AvgIpc) is 2.65. The minimum Gasteiger partial charge on any atom is -0.508 e. The molecule has 0 unspecified atom stereocenters. The number of carbonyl (C=O) groups is 2. The number of anilines is 1. The second-order valence-corrected chi connectivity index (χ2v) is 5.91. The van der Waals surface area contributed by atoms with Gasteiger partial charge in [0.05, 0.1) is 5.71 Å². The molecule has 2 aromatic rings. The molecule has 0 aliphatic heterocycles. The van der Waals surface area contributed by atoms with Crippen molar-refractivity contribution in [2.75, 3.05) is 5.32 Å². The van der Waals surface area contributed by atoms with Crippen LogP contribution in [0.1, 0.15) is 49.0 Å². The number of phenolic OH excluding ortho intramolecular Hbond substituents is 1. The molecule has 6 nitrogen and oxygen atoms in total. The van der Waals surface area contributed by atoms with Crippen LogP contribution in [0.4, 0.5) is 5.69 Å². The molecule has 2 amide bonds. The predicted octanol–water partition coefficient (Wildman–Crippen LogP) is 3.67. The van der Waals surface area contributed by atoms with E-state index in [4.69, 9.17) is 0 Å². The molecule has 136 valence electrons. The Labute approximate surface area is 152 Å². The highest BCUT2D eigenvalue weighted by molar-refractivity contribution is 6.01. The molecule has 2 rings (SSSR count). The highest BCUT2D eigenvalue weighted by atomic mass is 16.3. The summed E-state index contributed by atoms with van der Waals surface area (Å²) in [6.07, 6.45) is 2.31. The summed E-state index contributed by atoms with van der Waals surface area (Å²) < 4.78 is 0. The second-order valence-electron chi connectivity index (χ2n) is 5.91. The molecule has 0 spiro atoms. The van der Waals surface area contributed by atoms with Crippen molar-refractivity contribution in [2.45, 2.75) is 33.1 Å². The van der Waals surface area contributed by atoms with Gasteiger partial charge in [0.1, 0.15) is 5.75 Å². The summed E-state index contributed by atoms with van der Waals surface area (Å²) >= 11 is 0. The third-order valence-electron chi connectivity index (χ3n) is 3.80. The van der Waals surface area contributed by atoms with Crippen molar-refractivity contribution in [2.24, 2.45) is 5.10 Å². The monoisotopic (exact) mass is 353 g/mol. The van der Waals surface area contributed by atoms with Gasteiger partial charge in [0.25, 0.3) is 5.91 Å². The van der Waals surface area contributed by atoms with Crippen molar-refractivity contribution in [3.8, 4) is 5.75 Å². The second kappa shape index (κ2) is 9.36. The molecule has 6 heteroatoms. The van der Waals surface area contributed by atoms with E-state index in [1.165, 1.54) is 0 Å². The Morgan fingerprint density at radius 2 is 1.62 bits per heavy atom. The van der Waals surface area contributed by atoms with Crippen molar-refractivity contribution >= 4 is 23.2 Å². The maximum absolute atomic E-state index is 12.2. The lowest BCUT2D eigenvalue weighted by molar-refractivity contribution is -0.116. The lowest BCUT2D eigenvalue weighted by Crippen LogP contribution is -2.19. The smallest absolute Gasteiger partial charge is 0.271 e. The number of hydrogen-bond acceptors (Lipinski definition) is 4. The van der Waals surface area contributed by atoms with Gasteiger partial charge in [-0.25, -0.2) is 5.43 Å². The number of rotatable bonds is 7. The van der Waals surface area contributed by atoms with Crippen LogP contribution in [0.25, 0.3) is 0 Å². The number of nitrogens with zero attached hydrogens (tertiary/aromatic N) is 1. The number of carbonyl (C=O) groups excluding carboxylic acids is 2. The summed E-state index contributed by atoms with van der Waals surface area (Å²) in [5.41, 5.74) is 5.02. The first-order valence-electron chi connectivity index (χ1n) is 8.53. The molecular weight excluding hydrogens is 330 g/mol. The quantitative estimate of drug-likeness (QED) is 0.524. The van der Waals surface area contributed by atoms with Crippen molar-refractivity contribution in [3.05, 3.63) is 59.7 Å². The van der Waals surface area contributed by atoms with E-state index in [1.807, 2.05) is 6.92 Å². The summed E-state index contributed by atoms with van der Waals surface area (Å²) in [4.78, 5) is 23.9. The van der Waals surface area contributed by atoms with Crippen molar-refractivity contribution in [1.29, 1.82) is 0 Å². The maximum Gasteiger partial charge on any atom is 0.271 e. The maximum atomic E-state index is 12.2. The number of hydrogen-bond donors (Lipinski definition) is 3. The van der Waals surface area contributed by atoms with Gasteiger partial charge in [-0.1, -0.05) is 13.3 Å². The van der Waals surface area contributed by atoms with E-state index in [2.05, 4.69) is 15.8 Å².